The van der Waals surface area contributed by atoms with Gasteiger partial charge in [0, 0.05) is 94.2 Å². The van der Waals surface area contributed by atoms with E-state index in [0.717, 1.165) is 28.0 Å². The van der Waals surface area contributed by atoms with Crippen molar-refractivity contribution in [2.75, 3.05) is 4.90 Å². The van der Waals surface area contributed by atoms with Gasteiger partial charge in [-0.1, -0.05) is 374 Å². The monoisotopic (exact) mass is 1670 g/mol. The summed E-state index contributed by atoms with van der Waals surface area (Å²) in [5.74, 6) is 0. The molecule has 4 aromatic heterocycles. The Kier molecular flexibility index (Phi) is 19.6. The summed E-state index contributed by atoms with van der Waals surface area (Å²) >= 11 is 7.33. The molecular formula is C117H78BrN3S2. The van der Waals surface area contributed by atoms with Crippen LogP contribution in [0.4, 0.5) is 17.1 Å². The van der Waals surface area contributed by atoms with Crippen molar-refractivity contribution >= 4 is 161 Å². The number of hydrogen-bond acceptors (Lipinski definition) is 3. The molecule has 580 valence electrons. The maximum absolute atomic E-state index is 3.59. The van der Waals surface area contributed by atoms with E-state index in [0.29, 0.717) is 0 Å². The fraction of sp³-hybridized carbons (Fsp3) is 0.00855. The Bertz CT molecular complexity index is 8070. The van der Waals surface area contributed by atoms with Crippen molar-refractivity contribution in [3.63, 3.8) is 0 Å². The van der Waals surface area contributed by atoms with E-state index in [2.05, 4.69) is 491 Å². The van der Waals surface area contributed by atoms with Crippen LogP contribution in [-0.4, -0.2) is 9.13 Å². The first kappa shape index (κ1) is 74.5. The summed E-state index contributed by atoms with van der Waals surface area (Å²) in [5.41, 5.74) is 27.9. The van der Waals surface area contributed by atoms with E-state index in [1.54, 1.807) is 0 Å². The molecule has 0 fully saturated rings. The second kappa shape index (κ2) is 32.4. The van der Waals surface area contributed by atoms with Crippen molar-refractivity contribution in [2.45, 2.75) is 6.42 Å². The molecule has 0 atom stereocenters. The van der Waals surface area contributed by atoms with Gasteiger partial charge in [0.15, 0.2) is 0 Å². The number of hydrogen-bond donors (Lipinski definition) is 0. The highest BCUT2D eigenvalue weighted by Crippen LogP contribution is 2.45. The third-order valence-corrected chi connectivity index (χ3v) is 26.9. The quantitative estimate of drug-likeness (QED) is 0.112. The van der Waals surface area contributed by atoms with Crippen molar-refractivity contribution < 1.29 is 0 Å². The third kappa shape index (κ3) is 14.4. The molecule has 0 amide bonds. The normalized spacial score (nSPS) is 11.5. The van der Waals surface area contributed by atoms with Gasteiger partial charge in [0.2, 0.25) is 0 Å². The first-order chi connectivity index (χ1) is 60.9. The predicted octanol–water partition coefficient (Wildman–Crippen LogP) is 34.1. The zero-order valence-corrected chi connectivity index (χ0v) is 70.3. The molecule has 0 aliphatic heterocycles. The van der Waals surface area contributed by atoms with Crippen molar-refractivity contribution in [2.24, 2.45) is 0 Å². The van der Waals surface area contributed by atoms with Gasteiger partial charge in [-0.2, -0.15) is 0 Å². The molecule has 0 spiro atoms. The van der Waals surface area contributed by atoms with Crippen LogP contribution in [-0.2, 0) is 6.42 Å². The lowest BCUT2D eigenvalue weighted by molar-refractivity contribution is 1.20. The number of nitrogens with zero attached hydrogens (tertiary/aromatic N) is 3. The second-order valence-corrected chi connectivity index (χ2v) is 34.7. The highest BCUT2D eigenvalue weighted by molar-refractivity contribution is 9.10. The van der Waals surface area contributed by atoms with Gasteiger partial charge in [0.25, 0.3) is 0 Å². The van der Waals surface area contributed by atoms with Gasteiger partial charge in [-0.3, -0.25) is 0 Å². The first-order valence-electron chi connectivity index (χ1n) is 41.9. The first-order valence-corrected chi connectivity index (χ1v) is 44.3. The molecule has 0 N–H and O–H groups in total. The van der Waals surface area contributed by atoms with Crippen LogP contribution in [0.25, 0.3) is 184 Å². The zero-order chi connectivity index (χ0) is 81.7. The van der Waals surface area contributed by atoms with Crippen molar-refractivity contribution in [3.8, 4) is 78.1 Å². The minimum absolute atomic E-state index is 0.971. The average Bonchev–Trinajstić information content (AvgIpc) is 1.59. The Morgan fingerprint density at radius 3 is 1.04 bits per heavy atom. The molecule has 0 saturated heterocycles. The Hall–Kier alpha value is -14.8. The van der Waals surface area contributed by atoms with Crippen LogP contribution in [0.2, 0.25) is 0 Å². The number of rotatable bonds is 13. The van der Waals surface area contributed by atoms with Gasteiger partial charge in [0.05, 0.1) is 33.4 Å². The molecule has 24 aromatic rings. The summed E-state index contributed by atoms with van der Waals surface area (Å²) in [7, 11) is 0. The molecule has 0 unspecified atom stereocenters. The largest absolute Gasteiger partial charge is 0.310 e. The van der Waals surface area contributed by atoms with Gasteiger partial charge in [-0.15, -0.1) is 22.7 Å². The van der Waals surface area contributed by atoms with Crippen molar-refractivity contribution in [1.82, 2.24) is 9.13 Å². The topological polar surface area (TPSA) is 13.1 Å². The number of anilines is 3. The Labute approximate surface area is 730 Å². The molecule has 20 aromatic carbocycles. The Morgan fingerprint density at radius 2 is 0.520 bits per heavy atom. The fourth-order valence-corrected chi connectivity index (χ4v) is 20.8. The lowest BCUT2D eigenvalue weighted by Gasteiger charge is -2.26. The van der Waals surface area contributed by atoms with Gasteiger partial charge >= 0.3 is 0 Å². The highest BCUT2D eigenvalue weighted by Gasteiger charge is 2.21. The Morgan fingerprint density at radius 1 is 0.195 bits per heavy atom. The molecular weight excluding hydrogens is 1590 g/mol. The standard InChI is InChI=1S/C58H38N2S.C34H22BrN.C25H18S/c1-2-12-39(13-3-1)40-28-31-46(32-29-40)59(48-33-35-53-52-20-7-9-23-57(52)61-58(53)38-48)47-17-10-16-44(36-47)41-24-26-42(27-25-41)45-30-34-51-50-19-6-8-21-55(50)60(56(51)37-45)54-22-11-15-43-14-4-5-18-49(43)54;35-28-10-5-9-26(21-28)23-15-17-24(18-16-23)27-19-20-31-30-12-3-4-13-33(30)36(34(31)22-27)32-14-6-8-25-7-1-2-11-29(25)32;1-2-6-20(7-3-1)21-13-10-18(11-14-21)16-19-12-15-23-22-8-4-5-9-24(22)26-25(23)17-19/h1-38H;1-22H;1-15,17H,16H2. The lowest BCUT2D eigenvalue weighted by Crippen LogP contribution is -2.09. The number of aromatic nitrogens is 2. The molecule has 0 aliphatic carbocycles. The maximum Gasteiger partial charge on any atom is 0.0547 e. The molecule has 4 heterocycles. The highest BCUT2D eigenvalue weighted by atomic mass is 79.9. The van der Waals surface area contributed by atoms with Gasteiger partial charge < -0.3 is 14.0 Å². The average molecular weight is 1670 g/mol. The number of fused-ring (bicyclic) bond motifs is 14. The molecule has 0 aliphatic rings. The number of para-hydroxylation sites is 2. The molecule has 3 nitrogen and oxygen atoms in total. The fourth-order valence-electron chi connectivity index (χ4n) is 18.1. The maximum atomic E-state index is 3.59. The van der Waals surface area contributed by atoms with E-state index in [-0.39, 0.29) is 0 Å². The minimum atomic E-state index is 0.971. The van der Waals surface area contributed by atoms with Crippen LogP contribution in [0.5, 0.6) is 0 Å². The predicted molar refractivity (Wildman–Crippen MR) is 533 cm³/mol. The van der Waals surface area contributed by atoms with E-state index in [1.807, 2.05) is 22.7 Å². The zero-order valence-electron chi connectivity index (χ0n) is 67.1. The van der Waals surface area contributed by atoms with Crippen molar-refractivity contribution in [1.29, 1.82) is 0 Å². The molecule has 0 saturated carbocycles. The summed E-state index contributed by atoms with van der Waals surface area (Å²) in [6.07, 6.45) is 0.971. The van der Waals surface area contributed by atoms with Crippen LogP contribution >= 0.6 is 38.6 Å². The summed E-state index contributed by atoms with van der Waals surface area (Å²) in [6, 6.07) is 167. The molecule has 123 heavy (non-hydrogen) atoms. The summed E-state index contributed by atoms with van der Waals surface area (Å²) in [5, 5.41) is 15.4. The van der Waals surface area contributed by atoms with Crippen LogP contribution in [0.1, 0.15) is 11.1 Å². The Balaban J connectivity index is 0.000000122. The van der Waals surface area contributed by atoms with Crippen LogP contribution in [0, 0.1) is 0 Å². The molecule has 24 rings (SSSR count). The SMILES string of the molecule is Brc1cccc(-c2ccc(-c3ccc4c5ccccc5n(-c5cccc6ccccc56)c4c3)cc2)c1.c1ccc(-c2ccc(Cc3ccc4c(c3)sc3ccccc34)cc2)cc1.c1ccc(-c2ccc(N(c3cccc(-c4ccc(-c5ccc6c7ccccc7n(-c7cccc8ccccc78)c6c5)cc4)c3)c3ccc4c(c3)sc3ccccc34)cc2)cc1. The number of halogens is 1. The second-order valence-electron chi connectivity index (χ2n) is 31.6. The van der Waals surface area contributed by atoms with E-state index in [1.165, 1.54) is 195 Å². The molecule has 0 bridgehead atoms. The van der Waals surface area contributed by atoms with Crippen LogP contribution < -0.4 is 4.90 Å². The third-order valence-electron chi connectivity index (χ3n) is 24.2. The minimum Gasteiger partial charge on any atom is -0.310 e. The lowest BCUT2D eigenvalue weighted by atomic mass is 9.98. The smallest absolute Gasteiger partial charge is 0.0547 e. The van der Waals surface area contributed by atoms with Gasteiger partial charge in [0.1, 0.15) is 0 Å². The van der Waals surface area contributed by atoms with E-state index in [9.17, 15) is 0 Å². The van der Waals surface area contributed by atoms with Crippen LogP contribution in [0.15, 0.2) is 466 Å². The summed E-state index contributed by atoms with van der Waals surface area (Å²) < 4.78 is 11.3. The van der Waals surface area contributed by atoms with Crippen LogP contribution in [0.3, 0.4) is 0 Å². The molecule has 6 heteroatoms. The number of thiophene rings is 2. The van der Waals surface area contributed by atoms with Crippen molar-refractivity contribution in [3.05, 3.63) is 477 Å². The van der Waals surface area contributed by atoms with Gasteiger partial charge in [-0.25, -0.2) is 0 Å². The van der Waals surface area contributed by atoms with Gasteiger partial charge in [-0.05, 0) is 198 Å². The van der Waals surface area contributed by atoms with E-state index >= 15 is 0 Å². The summed E-state index contributed by atoms with van der Waals surface area (Å²) in [4.78, 5) is 2.39. The molecule has 0 radical (unpaired) electrons. The van der Waals surface area contributed by atoms with E-state index < -0.39 is 0 Å². The van der Waals surface area contributed by atoms with E-state index in [4.69, 9.17) is 0 Å². The number of benzene rings is 20. The summed E-state index contributed by atoms with van der Waals surface area (Å²) in [6.45, 7) is 0.